The third-order valence-electron chi connectivity index (χ3n) is 3.02. The van der Waals surface area contributed by atoms with E-state index in [4.69, 9.17) is 4.74 Å². The molecule has 102 valence electrons. The number of nitrogens with zero attached hydrogens (tertiary/aromatic N) is 1. The van der Waals surface area contributed by atoms with Gasteiger partial charge in [-0.2, -0.15) is 0 Å². The van der Waals surface area contributed by atoms with Crippen LogP contribution in [0.4, 0.5) is 0 Å². The number of amides is 1. The van der Waals surface area contributed by atoms with Gasteiger partial charge in [0, 0.05) is 6.54 Å². The number of β-lactam (4-membered cyclic amide) rings is 1. The fraction of sp³-hybridized carbons (Fsp3) is 0.429. The first kappa shape index (κ1) is 13.5. The lowest BCUT2D eigenvalue weighted by molar-refractivity contribution is -0.190. The van der Waals surface area contributed by atoms with Gasteiger partial charge in [0.1, 0.15) is 0 Å². The van der Waals surface area contributed by atoms with Crippen molar-refractivity contribution in [2.24, 2.45) is 0 Å². The van der Waals surface area contributed by atoms with E-state index in [0.29, 0.717) is 6.54 Å². The molecule has 1 fully saturated rings. The summed E-state index contributed by atoms with van der Waals surface area (Å²) < 4.78 is 5.37. The fourth-order valence-corrected chi connectivity index (χ4v) is 2.16. The highest BCUT2D eigenvalue weighted by Crippen LogP contribution is 2.26. The molecule has 1 aromatic rings. The maximum atomic E-state index is 12.0. The van der Waals surface area contributed by atoms with Crippen LogP contribution in [0, 0.1) is 0 Å². The van der Waals surface area contributed by atoms with E-state index >= 15 is 0 Å². The summed E-state index contributed by atoms with van der Waals surface area (Å²) in [6.45, 7) is 3.87. The Bertz CT molecular complexity index is 472. The van der Waals surface area contributed by atoms with Gasteiger partial charge in [-0.15, -0.1) is 0 Å². The molecule has 2 rings (SSSR count). The summed E-state index contributed by atoms with van der Waals surface area (Å²) in [6, 6.07) is 8.43. The van der Waals surface area contributed by atoms with E-state index in [-0.39, 0.29) is 12.0 Å². The van der Waals surface area contributed by atoms with E-state index in [1.165, 1.54) is 4.90 Å². The SMILES string of the molecule is CC(C)O[C@@H]1C(=O)N(Cc2ccccc2)[C@H]1C(=O)O. The van der Waals surface area contributed by atoms with Crippen LogP contribution in [0.2, 0.25) is 0 Å². The van der Waals surface area contributed by atoms with Crippen molar-refractivity contribution in [2.45, 2.75) is 38.6 Å². The van der Waals surface area contributed by atoms with Crippen LogP contribution in [-0.4, -0.2) is 40.1 Å². The van der Waals surface area contributed by atoms with Gasteiger partial charge in [0.2, 0.25) is 0 Å². The fourth-order valence-electron chi connectivity index (χ4n) is 2.16. The van der Waals surface area contributed by atoms with Gasteiger partial charge in [-0.1, -0.05) is 30.3 Å². The van der Waals surface area contributed by atoms with Crippen LogP contribution in [0.15, 0.2) is 30.3 Å². The lowest BCUT2D eigenvalue weighted by atomic mass is 9.96. The third kappa shape index (κ3) is 2.76. The molecule has 1 N–H and O–H groups in total. The molecule has 0 radical (unpaired) electrons. The maximum absolute atomic E-state index is 12.0. The molecular formula is C14H17NO4. The molecule has 1 heterocycles. The van der Waals surface area contributed by atoms with Crippen molar-refractivity contribution >= 4 is 11.9 Å². The number of carboxylic acid groups (broad SMARTS) is 1. The molecule has 5 heteroatoms. The summed E-state index contributed by atoms with van der Waals surface area (Å²) in [5, 5.41) is 9.21. The molecule has 1 aromatic carbocycles. The Morgan fingerprint density at radius 2 is 2.00 bits per heavy atom. The van der Waals surface area contributed by atoms with E-state index < -0.39 is 18.1 Å². The van der Waals surface area contributed by atoms with Gasteiger partial charge >= 0.3 is 5.97 Å². The van der Waals surface area contributed by atoms with Gasteiger partial charge in [0.25, 0.3) is 5.91 Å². The van der Waals surface area contributed by atoms with Crippen molar-refractivity contribution in [1.29, 1.82) is 0 Å². The zero-order valence-electron chi connectivity index (χ0n) is 10.9. The molecule has 0 unspecified atom stereocenters. The molecule has 0 aromatic heterocycles. The van der Waals surface area contributed by atoms with Crippen molar-refractivity contribution in [1.82, 2.24) is 4.90 Å². The molecule has 0 bridgehead atoms. The average Bonchev–Trinajstić information content (AvgIpc) is 2.37. The third-order valence-corrected chi connectivity index (χ3v) is 3.02. The second-order valence-electron chi connectivity index (χ2n) is 4.84. The quantitative estimate of drug-likeness (QED) is 0.812. The second-order valence-corrected chi connectivity index (χ2v) is 4.84. The van der Waals surface area contributed by atoms with Crippen LogP contribution in [-0.2, 0) is 20.9 Å². The van der Waals surface area contributed by atoms with Gasteiger partial charge in [0.05, 0.1) is 6.10 Å². The summed E-state index contributed by atoms with van der Waals surface area (Å²) in [6.07, 6.45) is -1.03. The van der Waals surface area contributed by atoms with Crippen molar-refractivity contribution in [3.63, 3.8) is 0 Å². The zero-order valence-corrected chi connectivity index (χ0v) is 10.9. The molecule has 0 spiro atoms. The van der Waals surface area contributed by atoms with Crippen LogP contribution in [0.3, 0.4) is 0 Å². The van der Waals surface area contributed by atoms with Crippen molar-refractivity contribution in [3.8, 4) is 0 Å². The summed E-state index contributed by atoms with van der Waals surface area (Å²) >= 11 is 0. The minimum Gasteiger partial charge on any atom is -0.480 e. The Morgan fingerprint density at radius 1 is 1.37 bits per heavy atom. The first-order chi connectivity index (χ1) is 9.00. The van der Waals surface area contributed by atoms with Crippen molar-refractivity contribution in [2.75, 3.05) is 0 Å². The lowest BCUT2D eigenvalue weighted by Crippen LogP contribution is -2.68. The summed E-state index contributed by atoms with van der Waals surface area (Å²) in [5.74, 6) is -1.29. The number of hydrogen-bond acceptors (Lipinski definition) is 3. The molecule has 1 saturated heterocycles. The predicted molar refractivity (Wildman–Crippen MR) is 68.4 cm³/mol. The summed E-state index contributed by atoms with van der Waals surface area (Å²) in [7, 11) is 0. The number of rotatable bonds is 5. The van der Waals surface area contributed by atoms with Gasteiger partial charge in [0.15, 0.2) is 12.1 Å². The van der Waals surface area contributed by atoms with Gasteiger partial charge < -0.3 is 14.7 Å². The molecule has 1 amide bonds. The summed E-state index contributed by atoms with van der Waals surface area (Å²) in [4.78, 5) is 24.5. The maximum Gasteiger partial charge on any atom is 0.329 e. The number of benzene rings is 1. The minimum absolute atomic E-state index is 0.172. The Balaban J connectivity index is 2.09. The molecule has 2 atom stereocenters. The zero-order chi connectivity index (χ0) is 14.0. The molecule has 19 heavy (non-hydrogen) atoms. The molecular weight excluding hydrogens is 246 g/mol. The van der Waals surface area contributed by atoms with Gasteiger partial charge in [-0.05, 0) is 19.4 Å². The second kappa shape index (κ2) is 5.40. The molecule has 0 saturated carbocycles. The van der Waals surface area contributed by atoms with E-state index in [1.807, 2.05) is 30.3 Å². The van der Waals surface area contributed by atoms with E-state index in [1.54, 1.807) is 13.8 Å². The van der Waals surface area contributed by atoms with Crippen LogP contribution in [0.5, 0.6) is 0 Å². The average molecular weight is 263 g/mol. The van der Waals surface area contributed by atoms with Gasteiger partial charge in [-0.3, -0.25) is 4.79 Å². The molecule has 1 aliphatic rings. The van der Waals surface area contributed by atoms with Crippen molar-refractivity contribution < 1.29 is 19.4 Å². The predicted octanol–water partition coefficient (Wildman–Crippen LogP) is 1.28. The number of ether oxygens (including phenoxy) is 1. The number of carbonyl (C=O) groups is 2. The normalized spacial score (nSPS) is 22.5. The van der Waals surface area contributed by atoms with E-state index in [2.05, 4.69) is 0 Å². The Labute approximate surface area is 111 Å². The standard InChI is InChI=1S/C14H17NO4/c1-9(2)19-12-11(14(17)18)15(13(12)16)8-10-6-4-3-5-7-10/h3-7,9,11-12H,8H2,1-2H3,(H,17,18)/t11-,12+/m1/s1. The highest BCUT2D eigenvalue weighted by Gasteiger charge is 2.52. The van der Waals surface area contributed by atoms with E-state index in [9.17, 15) is 14.7 Å². The monoisotopic (exact) mass is 263 g/mol. The smallest absolute Gasteiger partial charge is 0.329 e. The van der Waals surface area contributed by atoms with Gasteiger partial charge in [-0.25, -0.2) is 4.79 Å². The Morgan fingerprint density at radius 3 is 2.53 bits per heavy atom. The number of carboxylic acids is 1. The van der Waals surface area contributed by atoms with Crippen LogP contribution >= 0.6 is 0 Å². The highest BCUT2D eigenvalue weighted by atomic mass is 16.5. The first-order valence-corrected chi connectivity index (χ1v) is 6.23. The number of carbonyl (C=O) groups excluding carboxylic acids is 1. The van der Waals surface area contributed by atoms with E-state index in [0.717, 1.165) is 5.56 Å². The number of likely N-dealkylation sites (tertiary alicyclic amines) is 1. The molecule has 1 aliphatic heterocycles. The Kier molecular flexibility index (Phi) is 3.85. The van der Waals surface area contributed by atoms with Crippen LogP contribution in [0.1, 0.15) is 19.4 Å². The lowest BCUT2D eigenvalue weighted by Gasteiger charge is -2.44. The first-order valence-electron chi connectivity index (χ1n) is 6.23. The van der Waals surface area contributed by atoms with Crippen LogP contribution in [0.25, 0.3) is 0 Å². The largest absolute Gasteiger partial charge is 0.480 e. The summed E-state index contributed by atoms with van der Waals surface area (Å²) in [5.41, 5.74) is 0.907. The molecule has 5 nitrogen and oxygen atoms in total. The highest BCUT2D eigenvalue weighted by molar-refractivity contribution is 5.98. The topological polar surface area (TPSA) is 66.8 Å². The number of hydrogen-bond donors (Lipinski definition) is 1. The number of aliphatic carboxylic acids is 1. The Hall–Kier alpha value is -1.88. The minimum atomic E-state index is -1.03. The molecule has 0 aliphatic carbocycles. The van der Waals surface area contributed by atoms with Crippen molar-refractivity contribution in [3.05, 3.63) is 35.9 Å². The van der Waals surface area contributed by atoms with Crippen LogP contribution < -0.4 is 0 Å².